The van der Waals surface area contributed by atoms with E-state index in [-0.39, 0.29) is 5.78 Å². The van der Waals surface area contributed by atoms with Crippen LogP contribution >= 0.6 is 0 Å². The Morgan fingerprint density at radius 2 is 2.29 bits per heavy atom. The Balaban J connectivity index is 2.53. The molecule has 0 saturated carbocycles. The van der Waals surface area contributed by atoms with Crippen LogP contribution in [0.15, 0.2) is 18.2 Å². The fraction of sp³-hybridized carbons (Fsp3) is 0.364. The van der Waals surface area contributed by atoms with Gasteiger partial charge in [-0.1, -0.05) is 6.07 Å². The lowest BCUT2D eigenvalue weighted by Crippen LogP contribution is -2.01. The molecule has 0 bridgehead atoms. The number of methoxy groups -OCH3 is 1. The highest BCUT2D eigenvalue weighted by Crippen LogP contribution is 2.31. The Kier molecular flexibility index (Phi) is 2.39. The predicted octanol–water partition coefficient (Wildman–Crippen LogP) is 2.05. The molecule has 0 aromatic heterocycles. The Labute approximate surface area is 82.6 Å². The fourth-order valence-electron chi connectivity index (χ4n) is 1.62. The van der Waals surface area contributed by atoms with Gasteiger partial charge in [0.2, 0.25) is 0 Å². The molecule has 3 nitrogen and oxygen atoms in total. The van der Waals surface area contributed by atoms with Crippen LogP contribution in [-0.2, 0) is 0 Å². The maximum atomic E-state index is 11.7. The first-order valence-corrected chi connectivity index (χ1v) is 4.66. The van der Waals surface area contributed by atoms with Gasteiger partial charge in [0, 0.05) is 6.42 Å². The van der Waals surface area contributed by atoms with Crippen molar-refractivity contribution >= 4 is 5.78 Å². The van der Waals surface area contributed by atoms with Gasteiger partial charge in [-0.25, -0.2) is 0 Å². The number of fused-ring (bicyclic) bond motifs is 1. The molecule has 0 aliphatic carbocycles. The van der Waals surface area contributed by atoms with Crippen LogP contribution in [-0.4, -0.2) is 19.5 Å². The highest BCUT2D eigenvalue weighted by molar-refractivity contribution is 6.01. The number of benzene rings is 1. The van der Waals surface area contributed by atoms with Crippen LogP contribution in [0.1, 0.15) is 23.2 Å². The van der Waals surface area contributed by atoms with Gasteiger partial charge in [0.05, 0.1) is 13.7 Å². The van der Waals surface area contributed by atoms with Crippen LogP contribution in [0, 0.1) is 0 Å². The van der Waals surface area contributed by atoms with Crippen LogP contribution in [0.2, 0.25) is 0 Å². The lowest BCUT2D eigenvalue weighted by atomic mass is 10.1. The molecule has 0 spiro atoms. The molecule has 1 aromatic rings. The summed E-state index contributed by atoms with van der Waals surface area (Å²) in [6.45, 7) is 0.603. The molecule has 0 unspecified atom stereocenters. The van der Waals surface area contributed by atoms with Crippen LogP contribution in [0.25, 0.3) is 0 Å². The van der Waals surface area contributed by atoms with Crippen molar-refractivity contribution < 1.29 is 14.3 Å². The molecule has 1 aromatic carbocycles. The number of carbonyl (C=O) groups is 1. The first-order chi connectivity index (χ1) is 6.83. The number of ether oxygens (including phenoxy) is 2. The number of ketones is 1. The van der Waals surface area contributed by atoms with E-state index in [0.29, 0.717) is 30.1 Å². The maximum Gasteiger partial charge on any atom is 0.170 e. The Hall–Kier alpha value is -1.51. The summed E-state index contributed by atoms with van der Waals surface area (Å²) in [5, 5.41) is 0. The Bertz CT molecular complexity index is 358. The van der Waals surface area contributed by atoms with Crippen molar-refractivity contribution in [2.24, 2.45) is 0 Å². The molecule has 14 heavy (non-hydrogen) atoms. The summed E-state index contributed by atoms with van der Waals surface area (Å²) >= 11 is 0. The second-order valence-electron chi connectivity index (χ2n) is 3.21. The monoisotopic (exact) mass is 192 g/mol. The topological polar surface area (TPSA) is 35.5 Å². The smallest absolute Gasteiger partial charge is 0.170 e. The van der Waals surface area contributed by atoms with Crippen LogP contribution in [0.4, 0.5) is 0 Å². The van der Waals surface area contributed by atoms with Crippen LogP contribution in [0.3, 0.4) is 0 Å². The van der Waals surface area contributed by atoms with Gasteiger partial charge in [-0.05, 0) is 18.6 Å². The van der Waals surface area contributed by atoms with Crippen molar-refractivity contribution in [3.8, 4) is 11.5 Å². The molecule has 0 radical (unpaired) electrons. The number of carbonyl (C=O) groups excluding carboxylic acids is 1. The van der Waals surface area contributed by atoms with Crippen molar-refractivity contribution in [3.05, 3.63) is 23.8 Å². The Morgan fingerprint density at radius 3 is 3.07 bits per heavy atom. The third-order valence-electron chi connectivity index (χ3n) is 2.29. The van der Waals surface area contributed by atoms with Gasteiger partial charge in [-0.2, -0.15) is 0 Å². The number of hydrogen-bond donors (Lipinski definition) is 0. The molecule has 2 rings (SSSR count). The fourth-order valence-corrected chi connectivity index (χ4v) is 1.62. The zero-order valence-corrected chi connectivity index (χ0v) is 8.08. The standard InChI is InChI=1S/C11H12O3/c1-13-9-5-2-6-10-11(9)8(12)4-3-7-14-10/h2,5-6H,3-4,7H2,1H3. The molecular formula is C11H12O3. The lowest BCUT2D eigenvalue weighted by Gasteiger charge is -2.09. The van der Waals surface area contributed by atoms with Gasteiger partial charge >= 0.3 is 0 Å². The van der Waals surface area contributed by atoms with Crippen molar-refractivity contribution in [1.29, 1.82) is 0 Å². The second kappa shape index (κ2) is 3.70. The normalized spacial score (nSPS) is 15.4. The average molecular weight is 192 g/mol. The minimum atomic E-state index is 0.106. The first kappa shape index (κ1) is 9.06. The van der Waals surface area contributed by atoms with Gasteiger partial charge in [0.25, 0.3) is 0 Å². The molecular weight excluding hydrogens is 180 g/mol. The summed E-state index contributed by atoms with van der Waals surface area (Å²) in [6.07, 6.45) is 1.31. The van der Waals surface area contributed by atoms with E-state index in [1.807, 2.05) is 6.07 Å². The molecule has 1 aliphatic rings. The van der Waals surface area contributed by atoms with E-state index >= 15 is 0 Å². The summed E-state index contributed by atoms with van der Waals surface area (Å²) in [4.78, 5) is 11.7. The van der Waals surface area contributed by atoms with Gasteiger partial charge in [-0.3, -0.25) is 4.79 Å². The van der Waals surface area contributed by atoms with E-state index in [2.05, 4.69) is 0 Å². The van der Waals surface area contributed by atoms with E-state index in [0.717, 1.165) is 6.42 Å². The van der Waals surface area contributed by atoms with Crippen molar-refractivity contribution in [3.63, 3.8) is 0 Å². The first-order valence-electron chi connectivity index (χ1n) is 4.66. The minimum absolute atomic E-state index is 0.106. The molecule has 0 N–H and O–H groups in total. The highest BCUT2D eigenvalue weighted by atomic mass is 16.5. The predicted molar refractivity (Wildman–Crippen MR) is 52.1 cm³/mol. The second-order valence-corrected chi connectivity index (χ2v) is 3.21. The van der Waals surface area contributed by atoms with Crippen molar-refractivity contribution in [1.82, 2.24) is 0 Å². The minimum Gasteiger partial charge on any atom is -0.496 e. The molecule has 74 valence electrons. The Morgan fingerprint density at radius 1 is 1.43 bits per heavy atom. The summed E-state index contributed by atoms with van der Waals surface area (Å²) < 4.78 is 10.6. The summed E-state index contributed by atoms with van der Waals surface area (Å²) in [5.41, 5.74) is 0.590. The molecule has 1 heterocycles. The van der Waals surface area contributed by atoms with Gasteiger partial charge in [0.1, 0.15) is 17.1 Å². The van der Waals surface area contributed by atoms with E-state index in [4.69, 9.17) is 9.47 Å². The van der Waals surface area contributed by atoms with E-state index in [9.17, 15) is 4.79 Å². The summed E-state index contributed by atoms with van der Waals surface area (Å²) in [5.74, 6) is 1.36. The lowest BCUT2D eigenvalue weighted by molar-refractivity contribution is 0.0980. The molecule has 0 amide bonds. The van der Waals surface area contributed by atoms with Crippen LogP contribution in [0.5, 0.6) is 11.5 Å². The van der Waals surface area contributed by atoms with Crippen LogP contribution < -0.4 is 9.47 Å². The van der Waals surface area contributed by atoms with E-state index in [1.165, 1.54) is 0 Å². The maximum absolute atomic E-state index is 11.7. The van der Waals surface area contributed by atoms with Crippen molar-refractivity contribution in [2.75, 3.05) is 13.7 Å². The molecule has 0 fully saturated rings. The number of Topliss-reactive ketones (excluding diaryl/α,β-unsaturated/α-hetero) is 1. The zero-order valence-electron chi connectivity index (χ0n) is 8.08. The summed E-state index contributed by atoms with van der Waals surface area (Å²) in [7, 11) is 1.56. The third kappa shape index (κ3) is 1.45. The van der Waals surface area contributed by atoms with E-state index < -0.39 is 0 Å². The number of hydrogen-bond acceptors (Lipinski definition) is 3. The summed E-state index contributed by atoms with van der Waals surface area (Å²) in [6, 6.07) is 5.42. The highest BCUT2D eigenvalue weighted by Gasteiger charge is 2.20. The quantitative estimate of drug-likeness (QED) is 0.683. The van der Waals surface area contributed by atoms with E-state index in [1.54, 1.807) is 19.2 Å². The van der Waals surface area contributed by atoms with Crippen molar-refractivity contribution in [2.45, 2.75) is 12.8 Å². The molecule has 0 atom stereocenters. The van der Waals surface area contributed by atoms with Gasteiger partial charge in [-0.15, -0.1) is 0 Å². The molecule has 1 aliphatic heterocycles. The molecule has 3 heteroatoms. The zero-order chi connectivity index (χ0) is 9.97. The van der Waals surface area contributed by atoms with Gasteiger partial charge in [0.15, 0.2) is 5.78 Å². The largest absolute Gasteiger partial charge is 0.496 e. The van der Waals surface area contributed by atoms with Gasteiger partial charge < -0.3 is 9.47 Å². The molecule has 0 saturated heterocycles. The SMILES string of the molecule is COc1cccc2c1C(=O)CCCO2. The third-order valence-corrected chi connectivity index (χ3v) is 2.29. The average Bonchev–Trinajstić information content (AvgIpc) is 2.40. The number of rotatable bonds is 1.